The fraction of sp³-hybridized carbons (Fsp3) is 0.0909. The summed E-state index contributed by atoms with van der Waals surface area (Å²) in [5, 5.41) is 0.494. The van der Waals surface area contributed by atoms with Gasteiger partial charge < -0.3 is 14.5 Å². The Morgan fingerprint density at radius 2 is 1.83 bits per heavy atom. The van der Waals surface area contributed by atoms with E-state index in [0.717, 1.165) is 6.07 Å². The van der Waals surface area contributed by atoms with Crippen LogP contribution in [0.15, 0.2) is 65.5 Å². The van der Waals surface area contributed by atoms with Crippen molar-refractivity contribution in [2.24, 2.45) is 0 Å². The zero-order valence-electron chi connectivity index (χ0n) is 15.4. The fourth-order valence-electron chi connectivity index (χ4n) is 2.95. The Kier molecular flexibility index (Phi) is 4.95. The van der Waals surface area contributed by atoms with Crippen LogP contribution in [0.3, 0.4) is 0 Å². The second-order valence-electron chi connectivity index (χ2n) is 6.32. The van der Waals surface area contributed by atoms with Gasteiger partial charge in [0.15, 0.2) is 11.5 Å². The number of aromatic amines is 1. The van der Waals surface area contributed by atoms with E-state index in [1.807, 2.05) is 0 Å². The molecule has 0 radical (unpaired) electrons. The number of nitrogens with one attached hydrogen (secondary N) is 1. The van der Waals surface area contributed by atoms with Gasteiger partial charge in [-0.2, -0.15) is 0 Å². The van der Waals surface area contributed by atoms with Gasteiger partial charge in [0.05, 0.1) is 18.0 Å². The van der Waals surface area contributed by atoms with Crippen LogP contribution in [0.25, 0.3) is 22.3 Å². The molecule has 0 aliphatic heterocycles. The van der Waals surface area contributed by atoms with Crippen molar-refractivity contribution in [1.29, 1.82) is 0 Å². The predicted octanol–water partition coefficient (Wildman–Crippen LogP) is 4.46. The molecule has 29 heavy (non-hydrogen) atoms. The number of fused-ring (bicyclic) bond motifs is 1. The molecule has 1 aromatic heterocycles. The van der Waals surface area contributed by atoms with Crippen LogP contribution in [-0.4, -0.2) is 17.1 Å². The van der Waals surface area contributed by atoms with E-state index in [9.17, 15) is 13.6 Å². The van der Waals surface area contributed by atoms with Crippen LogP contribution in [0.4, 0.5) is 8.78 Å². The molecule has 0 saturated heterocycles. The molecule has 0 saturated carbocycles. The van der Waals surface area contributed by atoms with E-state index in [-0.39, 0.29) is 17.7 Å². The summed E-state index contributed by atoms with van der Waals surface area (Å²) in [6.07, 6.45) is 0. The lowest BCUT2D eigenvalue weighted by molar-refractivity contribution is 0.279. The van der Waals surface area contributed by atoms with Crippen molar-refractivity contribution in [3.05, 3.63) is 88.2 Å². The topological polar surface area (TPSA) is 64.2 Å². The standard InChI is InChI=1S/C22H16F2N2O3/c1-28-19-9-7-13(21-25-18-5-3-2-4-16(18)22(27)26-21)10-20(19)29-12-14-6-8-15(23)11-17(14)24/h2-11H,12H2,1H3,(H,25,26,27). The second kappa shape index (κ2) is 7.71. The van der Waals surface area contributed by atoms with Crippen LogP contribution in [0.5, 0.6) is 11.5 Å². The highest BCUT2D eigenvalue weighted by molar-refractivity contribution is 5.79. The number of aromatic nitrogens is 2. The number of para-hydroxylation sites is 1. The smallest absolute Gasteiger partial charge is 0.259 e. The lowest BCUT2D eigenvalue weighted by atomic mass is 10.1. The van der Waals surface area contributed by atoms with Crippen molar-refractivity contribution in [3.8, 4) is 22.9 Å². The van der Waals surface area contributed by atoms with Gasteiger partial charge in [-0.1, -0.05) is 12.1 Å². The summed E-state index contributed by atoms with van der Waals surface area (Å²) in [4.78, 5) is 19.6. The summed E-state index contributed by atoms with van der Waals surface area (Å²) < 4.78 is 38.0. The number of methoxy groups -OCH3 is 1. The number of nitrogens with zero attached hydrogens (tertiary/aromatic N) is 1. The van der Waals surface area contributed by atoms with Crippen LogP contribution in [0.1, 0.15) is 5.56 Å². The molecule has 0 aliphatic carbocycles. The van der Waals surface area contributed by atoms with Gasteiger partial charge in [-0.05, 0) is 42.5 Å². The first-order valence-corrected chi connectivity index (χ1v) is 8.79. The normalized spacial score (nSPS) is 10.9. The quantitative estimate of drug-likeness (QED) is 0.543. The third-order valence-corrected chi connectivity index (χ3v) is 4.45. The van der Waals surface area contributed by atoms with E-state index < -0.39 is 11.6 Å². The van der Waals surface area contributed by atoms with Crippen molar-refractivity contribution in [2.75, 3.05) is 7.11 Å². The first kappa shape index (κ1) is 18.6. The summed E-state index contributed by atoms with van der Waals surface area (Å²) in [5.74, 6) is -0.212. The summed E-state index contributed by atoms with van der Waals surface area (Å²) in [5.41, 5.74) is 1.12. The maximum Gasteiger partial charge on any atom is 0.259 e. The lowest BCUT2D eigenvalue weighted by Gasteiger charge is -2.13. The molecule has 0 amide bonds. The number of hydrogen-bond acceptors (Lipinski definition) is 4. The van der Waals surface area contributed by atoms with E-state index in [2.05, 4.69) is 9.97 Å². The molecule has 5 nitrogen and oxygen atoms in total. The van der Waals surface area contributed by atoms with Crippen LogP contribution >= 0.6 is 0 Å². The molecule has 0 bridgehead atoms. The summed E-state index contributed by atoms with van der Waals surface area (Å²) in [7, 11) is 1.48. The van der Waals surface area contributed by atoms with Crippen LogP contribution < -0.4 is 15.0 Å². The fourth-order valence-corrected chi connectivity index (χ4v) is 2.95. The minimum absolute atomic E-state index is 0.117. The van der Waals surface area contributed by atoms with E-state index >= 15 is 0 Å². The molecule has 0 spiro atoms. The summed E-state index contributed by atoms with van der Waals surface area (Å²) in [6.45, 7) is -0.117. The maximum atomic E-state index is 13.9. The van der Waals surface area contributed by atoms with Gasteiger partial charge >= 0.3 is 0 Å². The third kappa shape index (κ3) is 3.80. The first-order chi connectivity index (χ1) is 14.0. The Bertz CT molecular complexity index is 1250. The molecule has 7 heteroatoms. The second-order valence-corrected chi connectivity index (χ2v) is 6.32. The van der Waals surface area contributed by atoms with Crippen LogP contribution in [0.2, 0.25) is 0 Å². The molecule has 0 fully saturated rings. The zero-order chi connectivity index (χ0) is 20.4. The van der Waals surface area contributed by atoms with Gasteiger partial charge in [-0.3, -0.25) is 4.79 Å². The highest BCUT2D eigenvalue weighted by atomic mass is 19.1. The molecule has 4 aromatic rings. The number of rotatable bonds is 5. The number of ether oxygens (including phenoxy) is 2. The molecule has 146 valence electrons. The van der Waals surface area contributed by atoms with Crippen LogP contribution in [0, 0.1) is 11.6 Å². The van der Waals surface area contributed by atoms with E-state index in [4.69, 9.17) is 9.47 Å². The van der Waals surface area contributed by atoms with Gasteiger partial charge in [-0.15, -0.1) is 0 Å². The molecule has 0 unspecified atom stereocenters. The van der Waals surface area contributed by atoms with Gasteiger partial charge in [0, 0.05) is 17.2 Å². The predicted molar refractivity (Wildman–Crippen MR) is 105 cm³/mol. The molecule has 1 N–H and O–H groups in total. The molecule has 3 aromatic carbocycles. The van der Waals surface area contributed by atoms with Crippen LogP contribution in [-0.2, 0) is 6.61 Å². The third-order valence-electron chi connectivity index (χ3n) is 4.45. The van der Waals surface area contributed by atoms with E-state index in [0.29, 0.717) is 33.8 Å². The maximum absolute atomic E-state index is 13.9. The largest absolute Gasteiger partial charge is 0.493 e. The minimum Gasteiger partial charge on any atom is -0.493 e. The summed E-state index contributed by atoms with van der Waals surface area (Å²) >= 11 is 0. The molecule has 0 aliphatic rings. The van der Waals surface area contributed by atoms with Crippen molar-refractivity contribution in [1.82, 2.24) is 9.97 Å². The van der Waals surface area contributed by atoms with Gasteiger partial charge in [0.25, 0.3) is 5.56 Å². The minimum atomic E-state index is -0.694. The molecule has 1 heterocycles. The van der Waals surface area contributed by atoms with E-state index in [1.165, 1.54) is 19.2 Å². The van der Waals surface area contributed by atoms with Gasteiger partial charge in [-0.25, -0.2) is 13.8 Å². The monoisotopic (exact) mass is 394 g/mol. The first-order valence-electron chi connectivity index (χ1n) is 8.79. The SMILES string of the molecule is COc1ccc(-c2nc3ccccc3c(=O)[nH]2)cc1OCc1ccc(F)cc1F. The Hall–Kier alpha value is -3.74. The number of H-pyrrole nitrogens is 1. The number of benzene rings is 3. The van der Waals surface area contributed by atoms with Gasteiger partial charge in [0.1, 0.15) is 24.1 Å². The molecular formula is C22H16F2N2O3. The Morgan fingerprint density at radius 1 is 1.00 bits per heavy atom. The number of hydrogen-bond donors (Lipinski definition) is 1. The molecular weight excluding hydrogens is 378 g/mol. The zero-order valence-corrected chi connectivity index (χ0v) is 15.4. The lowest BCUT2D eigenvalue weighted by Crippen LogP contribution is -2.09. The highest BCUT2D eigenvalue weighted by Crippen LogP contribution is 2.32. The van der Waals surface area contributed by atoms with Crippen molar-refractivity contribution in [2.45, 2.75) is 6.61 Å². The highest BCUT2D eigenvalue weighted by Gasteiger charge is 2.12. The Labute approximate surface area is 164 Å². The number of halogens is 2. The summed E-state index contributed by atoms with van der Waals surface area (Å²) in [6, 6.07) is 15.4. The van der Waals surface area contributed by atoms with E-state index in [1.54, 1.807) is 42.5 Å². The average Bonchev–Trinajstić information content (AvgIpc) is 2.73. The molecule has 0 atom stereocenters. The molecule has 4 rings (SSSR count). The Morgan fingerprint density at radius 3 is 2.62 bits per heavy atom. The Balaban J connectivity index is 1.69. The van der Waals surface area contributed by atoms with Crippen molar-refractivity contribution < 1.29 is 18.3 Å². The van der Waals surface area contributed by atoms with Gasteiger partial charge in [0.2, 0.25) is 0 Å². The average molecular weight is 394 g/mol. The van der Waals surface area contributed by atoms with Crippen molar-refractivity contribution >= 4 is 10.9 Å². The van der Waals surface area contributed by atoms with Crippen molar-refractivity contribution in [3.63, 3.8) is 0 Å².